The van der Waals surface area contributed by atoms with Crippen LogP contribution in [-0.4, -0.2) is 24.5 Å². The van der Waals surface area contributed by atoms with Crippen LogP contribution in [-0.2, 0) is 21.5 Å². The van der Waals surface area contributed by atoms with Crippen molar-refractivity contribution in [1.82, 2.24) is 0 Å². The van der Waals surface area contributed by atoms with E-state index < -0.39 is 21.0 Å². The van der Waals surface area contributed by atoms with Crippen molar-refractivity contribution in [2.45, 2.75) is 6.42 Å². The van der Waals surface area contributed by atoms with Gasteiger partial charge in [0, 0.05) is 24.1 Å². The fraction of sp³-hybridized carbons (Fsp3) is 0.0588. The molecule has 0 aliphatic carbocycles. The molecule has 0 unspecified atom stereocenters. The van der Waals surface area contributed by atoms with Crippen LogP contribution < -0.4 is 0 Å². The van der Waals surface area contributed by atoms with Crippen molar-refractivity contribution in [3.05, 3.63) is 81.4 Å². The molecule has 0 bridgehead atoms. The minimum Gasteiger partial charge on any atom is -0.289 e. The molecular formula is C17H13NO5S. The molecule has 6 nitrogen and oxygen atoms in total. The average molecular weight is 343 g/mol. The summed E-state index contributed by atoms with van der Waals surface area (Å²) in [7, 11) is -2.62. The maximum absolute atomic E-state index is 12.1. The van der Waals surface area contributed by atoms with Gasteiger partial charge in [-0.1, -0.05) is 42.5 Å². The molecule has 0 atom stereocenters. The lowest BCUT2D eigenvalue weighted by molar-refractivity contribution is -0.384. The molecule has 0 aliphatic rings. The summed E-state index contributed by atoms with van der Waals surface area (Å²) in [5, 5.41) is 11.4. The van der Waals surface area contributed by atoms with Gasteiger partial charge >= 0.3 is 0 Å². The highest BCUT2D eigenvalue weighted by molar-refractivity contribution is 7.73. The highest BCUT2D eigenvalue weighted by Gasteiger charge is 2.11. The highest BCUT2D eigenvalue weighted by Crippen LogP contribution is 2.18. The van der Waals surface area contributed by atoms with Gasteiger partial charge in [-0.15, -0.1) is 0 Å². The van der Waals surface area contributed by atoms with Crippen molar-refractivity contribution in [2.75, 3.05) is 0 Å². The molecule has 0 amide bonds. The lowest BCUT2D eigenvalue weighted by Crippen LogP contribution is -2.07. The third kappa shape index (κ3) is 4.99. The Labute approximate surface area is 139 Å². The molecule has 0 saturated carbocycles. The van der Waals surface area contributed by atoms with Crippen LogP contribution in [0.1, 0.15) is 11.1 Å². The normalized spacial score (nSPS) is 10.9. The second-order valence-electron chi connectivity index (χ2n) is 4.93. The Bertz CT molecular complexity index is 922. The minimum atomic E-state index is -2.62. The largest absolute Gasteiger partial charge is 0.289 e. The molecule has 0 aliphatic heterocycles. The standard InChI is InChI=1S/C17H13NO5S/c19-17(12-24(22)23)15(9-13-5-2-1-3-6-13)10-14-7-4-8-16(11-14)18(20)21/h1-8,10-12H,9H2. The molecular weight excluding hydrogens is 330 g/mol. The zero-order valence-corrected chi connectivity index (χ0v) is 13.3. The molecule has 122 valence electrons. The maximum Gasteiger partial charge on any atom is 0.270 e. The number of nitro benzene ring substituents is 1. The van der Waals surface area contributed by atoms with Gasteiger partial charge in [-0.05, 0) is 17.2 Å². The number of benzene rings is 2. The van der Waals surface area contributed by atoms with E-state index in [1.165, 1.54) is 24.3 Å². The minimum absolute atomic E-state index is 0.105. The number of hydrogen-bond acceptors (Lipinski definition) is 5. The number of hydrogen-bond donors (Lipinski definition) is 0. The van der Waals surface area contributed by atoms with Gasteiger partial charge in [-0.3, -0.25) is 14.9 Å². The van der Waals surface area contributed by atoms with Crippen LogP contribution in [0.25, 0.3) is 6.08 Å². The summed E-state index contributed by atoms with van der Waals surface area (Å²) in [6, 6.07) is 14.8. The average Bonchev–Trinajstić information content (AvgIpc) is 2.55. The zero-order chi connectivity index (χ0) is 17.5. The SMILES string of the molecule is O=C(C=S(=O)=O)C(=Cc1cccc([N+](=O)[O-])c1)Cc1ccccc1. The van der Waals surface area contributed by atoms with Gasteiger partial charge in [0.25, 0.3) is 5.69 Å². The van der Waals surface area contributed by atoms with Crippen LogP contribution in [0.2, 0.25) is 0 Å². The fourth-order valence-corrected chi connectivity index (χ4v) is 2.44. The Balaban J connectivity index is 2.44. The van der Waals surface area contributed by atoms with Crippen molar-refractivity contribution in [3.63, 3.8) is 0 Å². The highest BCUT2D eigenvalue weighted by atomic mass is 32.2. The molecule has 2 aromatic carbocycles. The molecule has 24 heavy (non-hydrogen) atoms. The summed E-state index contributed by atoms with van der Waals surface area (Å²) in [6.45, 7) is 0. The van der Waals surface area contributed by atoms with E-state index in [0.717, 1.165) is 5.56 Å². The summed E-state index contributed by atoms with van der Waals surface area (Å²) in [5.41, 5.74) is 1.40. The van der Waals surface area contributed by atoms with Gasteiger partial charge in [-0.25, -0.2) is 0 Å². The molecule has 0 spiro atoms. The molecule has 0 radical (unpaired) electrons. The number of Topliss-reactive ketones (excluding diaryl/α,β-unsaturated/α-hetero) is 1. The summed E-state index contributed by atoms with van der Waals surface area (Å²) in [4.78, 5) is 22.4. The Morgan fingerprint density at radius 3 is 2.42 bits per heavy atom. The van der Waals surface area contributed by atoms with Crippen LogP contribution in [0, 0.1) is 10.1 Å². The van der Waals surface area contributed by atoms with Gasteiger partial charge in [0.1, 0.15) is 5.37 Å². The number of ketones is 1. The van der Waals surface area contributed by atoms with E-state index in [2.05, 4.69) is 0 Å². The molecule has 7 heteroatoms. The van der Waals surface area contributed by atoms with E-state index in [9.17, 15) is 23.3 Å². The summed E-state index contributed by atoms with van der Waals surface area (Å²) in [5.74, 6) is -0.654. The third-order valence-electron chi connectivity index (χ3n) is 3.18. The van der Waals surface area contributed by atoms with Crippen molar-refractivity contribution in [1.29, 1.82) is 0 Å². The number of allylic oxidation sites excluding steroid dienone is 1. The van der Waals surface area contributed by atoms with E-state index in [-0.39, 0.29) is 17.7 Å². The first-order valence-corrected chi connectivity index (χ1v) is 8.06. The van der Waals surface area contributed by atoms with Crippen molar-refractivity contribution < 1.29 is 18.1 Å². The summed E-state index contributed by atoms with van der Waals surface area (Å²) in [6.07, 6.45) is 1.68. The van der Waals surface area contributed by atoms with E-state index in [1.54, 1.807) is 18.2 Å². The van der Waals surface area contributed by atoms with Crippen LogP contribution in [0.3, 0.4) is 0 Å². The van der Waals surface area contributed by atoms with Gasteiger partial charge < -0.3 is 0 Å². The van der Waals surface area contributed by atoms with Crippen LogP contribution in [0.15, 0.2) is 60.2 Å². The number of carbonyl (C=O) groups is 1. The van der Waals surface area contributed by atoms with Gasteiger partial charge in [0.2, 0.25) is 10.3 Å². The zero-order valence-electron chi connectivity index (χ0n) is 12.5. The molecule has 0 N–H and O–H groups in total. The smallest absolute Gasteiger partial charge is 0.270 e. The second kappa shape index (κ2) is 7.98. The fourth-order valence-electron chi connectivity index (χ4n) is 2.12. The van der Waals surface area contributed by atoms with Crippen molar-refractivity contribution in [2.24, 2.45) is 0 Å². The molecule has 0 aromatic heterocycles. The van der Waals surface area contributed by atoms with Gasteiger partial charge in [0.15, 0.2) is 5.78 Å². The molecule has 0 heterocycles. The number of nitrogens with zero attached hydrogens (tertiary/aromatic N) is 1. The number of rotatable bonds is 6. The second-order valence-corrected chi connectivity index (χ2v) is 5.68. The Hall–Kier alpha value is -3.06. The topological polar surface area (TPSA) is 94.3 Å². The predicted molar refractivity (Wildman–Crippen MR) is 91.2 cm³/mol. The first kappa shape index (κ1) is 17.3. The third-order valence-corrected chi connectivity index (χ3v) is 3.59. The van der Waals surface area contributed by atoms with Crippen LogP contribution in [0.4, 0.5) is 5.69 Å². The number of non-ortho nitro benzene ring substituents is 1. The Morgan fingerprint density at radius 2 is 1.79 bits per heavy atom. The maximum atomic E-state index is 12.1. The molecule has 2 aromatic rings. The van der Waals surface area contributed by atoms with Crippen molar-refractivity contribution in [3.8, 4) is 0 Å². The van der Waals surface area contributed by atoms with E-state index >= 15 is 0 Å². The molecule has 2 rings (SSSR count). The number of carbonyl (C=O) groups excluding carboxylic acids is 1. The van der Waals surface area contributed by atoms with Crippen LogP contribution in [0.5, 0.6) is 0 Å². The Morgan fingerprint density at radius 1 is 1.08 bits per heavy atom. The lowest BCUT2D eigenvalue weighted by atomic mass is 9.99. The van der Waals surface area contributed by atoms with E-state index in [4.69, 9.17) is 0 Å². The van der Waals surface area contributed by atoms with Gasteiger partial charge in [0.05, 0.1) is 4.92 Å². The first-order chi connectivity index (χ1) is 11.5. The lowest BCUT2D eigenvalue weighted by Gasteiger charge is -2.04. The van der Waals surface area contributed by atoms with Gasteiger partial charge in [-0.2, -0.15) is 8.42 Å². The quantitative estimate of drug-likeness (QED) is 0.347. The summed E-state index contributed by atoms with van der Waals surface area (Å²) < 4.78 is 21.5. The monoisotopic (exact) mass is 343 g/mol. The Kier molecular flexibility index (Phi) is 5.75. The first-order valence-electron chi connectivity index (χ1n) is 6.92. The van der Waals surface area contributed by atoms with E-state index in [0.29, 0.717) is 10.9 Å². The van der Waals surface area contributed by atoms with E-state index in [1.807, 2.05) is 18.2 Å². The summed E-state index contributed by atoms with van der Waals surface area (Å²) >= 11 is 0. The van der Waals surface area contributed by atoms with Crippen molar-refractivity contribution >= 4 is 33.2 Å². The molecule has 0 fully saturated rings. The predicted octanol–water partition coefficient (Wildman–Crippen LogP) is 2.47. The van der Waals surface area contributed by atoms with Crippen LogP contribution >= 0.6 is 0 Å². The number of nitro groups is 1. The molecule has 0 saturated heterocycles.